The Kier molecular flexibility index (Phi) is 9.07. The number of aliphatic hydroxyl groups is 1. The number of aliphatic hydroxyl groups excluding tert-OH is 1. The van der Waals surface area contributed by atoms with Crippen molar-refractivity contribution >= 4 is 17.5 Å². The van der Waals surface area contributed by atoms with E-state index >= 15 is 0 Å². The molecule has 2 aromatic heterocycles. The maximum atomic E-state index is 14.4. The highest BCUT2D eigenvalue weighted by atomic mass is 19.4. The fourth-order valence-electron chi connectivity index (χ4n) is 5.99. The molecular formula is C33H30F6N8O2. The van der Waals surface area contributed by atoms with Crippen molar-refractivity contribution < 1.29 is 36.2 Å². The summed E-state index contributed by atoms with van der Waals surface area (Å²) in [6.45, 7) is -0.177. The van der Waals surface area contributed by atoms with Crippen LogP contribution in [-0.4, -0.2) is 49.5 Å². The molecule has 1 saturated carbocycles. The summed E-state index contributed by atoms with van der Waals surface area (Å²) in [5, 5.41) is 32.5. The molecule has 16 heteroatoms. The zero-order valence-electron chi connectivity index (χ0n) is 26.0. The second kappa shape index (κ2) is 13.1. The summed E-state index contributed by atoms with van der Waals surface area (Å²) in [5.41, 5.74) is -1.54. The van der Waals surface area contributed by atoms with Crippen LogP contribution in [0, 0.1) is 11.3 Å². The van der Waals surface area contributed by atoms with Crippen LogP contribution in [0.1, 0.15) is 58.3 Å². The van der Waals surface area contributed by atoms with Gasteiger partial charge in [-0.15, -0.1) is 10.2 Å². The molecule has 0 radical (unpaired) electrons. The van der Waals surface area contributed by atoms with E-state index in [9.17, 15) is 36.2 Å². The highest BCUT2D eigenvalue weighted by molar-refractivity contribution is 6.10. The van der Waals surface area contributed by atoms with E-state index < -0.39 is 42.0 Å². The number of halogens is 6. The number of benzene rings is 2. The van der Waals surface area contributed by atoms with E-state index in [1.807, 2.05) is 6.07 Å². The number of aromatic nitrogens is 4. The Hall–Kier alpha value is -5.01. The van der Waals surface area contributed by atoms with E-state index in [2.05, 4.69) is 25.8 Å². The molecule has 2 aromatic carbocycles. The Bertz CT molecular complexity index is 1930. The minimum atomic E-state index is -4.78. The summed E-state index contributed by atoms with van der Waals surface area (Å²) < 4.78 is 86.5. The fraction of sp³-hybridized carbons (Fsp3) is 0.364. The van der Waals surface area contributed by atoms with Crippen molar-refractivity contribution in [3.05, 3.63) is 76.6 Å². The molecule has 3 N–H and O–H groups in total. The van der Waals surface area contributed by atoms with Gasteiger partial charge in [0, 0.05) is 43.7 Å². The van der Waals surface area contributed by atoms with Gasteiger partial charge in [-0.05, 0) is 84.0 Å². The van der Waals surface area contributed by atoms with Crippen molar-refractivity contribution in [2.24, 2.45) is 7.05 Å². The van der Waals surface area contributed by atoms with Crippen LogP contribution in [0.4, 0.5) is 38.0 Å². The number of aryl methyl sites for hydroxylation is 1. The third kappa shape index (κ3) is 7.08. The van der Waals surface area contributed by atoms with Gasteiger partial charge in [0.2, 0.25) is 0 Å². The van der Waals surface area contributed by atoms with Gasteiger partial charge in [0.25, 0.3) is 5.91 Å². The summed E-state index contributed by atoms with van der Waals surface area (Å²) in [7, 11) is 1.62. The normalized spacial score (nSPS) is 17.5. The maximum absolute atomic E-state index is 14.4. The number of nitrogens with one attached hydrogen (secondary N) is 2. The standard InChI is InChI=1S/C33H30F6N8O2/c1-46-17-43-45-30(46)23-5-4-20(32(34,35)36)12-24(23)19-10-28(41-7-3-2-6-40)44-29(11-19)47-16-26-25(31(47)49)8-18(9-27(26)33(37,38)39)15-42-21-13-22(48)14-21/h4-5,8-12,17,21-22,42,48H,2-3,7,13-16H2,1H3,(H,41,44). The van der Waals surface area contributed by atoms with E-state index in [-0.39, 0.29) is 76.4 Å². The molecule has 3 heterocycles. The van der Waals surface area contributed by atoms with Crippen LogP contribution in [0.3, 0.4) is 0 Å². The number of hydrogen-bond acceptors (Lipinski definition) is 8. The molecule has 6 rings (SSSR count). The van der Waals surface area contributed by atoms with Gasteiger partial charge in [0.05, 0.1) is 29.8 Å². The van der Waals surface area contributed by atoms with Crippen LogP contribution in [0.2, 0.25) is 0 Å². The Morgan fingerprint density at radius 1 is 1.02 bits per heavy atom. The topological polar surface area (TPSA) is 132 Å². The smallest absolute Gasteiger partial charge is 0.393 e. The van der Waals surface area contributed by atoms with Gasteiger partial charge in [0.15, 0.2) is 5.82 Å². The average Bonchev–Trinajstić information content (AvgIpc) is 3.61. The molecule has 0 atom stereocenters. The van der Waals surface area contributed by atoms with Gasteiger partial charge in [0.1, 0.15) is 18.0 Å². The lowest BCUT2D eigenvalue weighted by Gasteiger charge is -2.32. The first-order valence-corrected chi connectivity index (χ1v) is 15.4. The number of nitriles is 1. The molecule has 0 unspecified atom stereocenters. The number of nitrogens with zero attached hydrogens (tertiary/aromatic N) is 6. The Labute approximate surface area is 276 Å². The summed E-state index contributed by atoms with van der Waals surface area (Å²) in [5.74, 6) is -0.445. The average molecular weight is 685 g/mol. The molecule has 1 fully saturated rings. The number of carbonyl (C=O) groups excluding carboxylic acids is 1. The van der Waals surface area contributed by atoms with Crippen LogP contribution >= 0.6 is 0 Å². The molecule has 49 heavy (non-hydrogen) atoms. The van der Waals surface area contributed by atoms with E-state index in [0.717, 1.165) is 23.1 Å². The van der Waals surface area contributed by atoms with Crippen molar-refractivity contribution in [3.63, 3.8) is 0 Å². The summed E-state index contributed by atoms with van der Waals surface area (Å²) in [6, 6.07) is 10.3. The van der Waals surface area contributed by atoms with Crippen molar-refractivity contribution in [1.29, 1.82) is 5.26 Å². The monoisotopic (exact) mass is 684 g/mol. The molecule has 1 aliphatic carbocycles. The van der Waals surface area contributed by atoms with E-state index in [1.165, 1.54) is 35.2 Å². The van der Waals surface area contributed by atoms with Gasteiger partial charge in [-0.1, -0.05) is 0 Å². The van der Waals surface area contributed by atoms with Crippen LogP contribution in [-0.2, 0) is 32.5 Å². The van der Waals surface area contributed by atoms with Crippen molar-refractivity contribution in [2.45, 2.75) is 63.3 Å². The third-order valence-corrected chi connectivity index (χ3v) is 8.58. The molecule has 0 spiro atoms. The first-order valence-electron chi connectivity index (χ1n) is 15.4. The highest BCUT2D eigenvalue weighted by Gasteiger charge is 2.41. The third-order valence-electron chi connectivity index (χ3n) is 8.58. The Morgan fingerprint density at radius 3 is 2.45 bits per heavy atom. The highest BCUT2D eigenvalue weighted by Crippen LogP contribution is 2.42. The first kappa shape index (κ1) is 33.9. The number of alkyl halides is 6. The molecule has 0 bridgehead atoms. The van der Waals surface area contributed by atoms with Gasteiger partial charge in [-0.25, -0.2) is 4.98 Å². The van der Waals surface area contributed by atoms with Crippen LogP contribution in [0.25, 0.3) is 22.5 Å². The summed E-state index contributed by atoms with van der Waals surface area (Å²) in [6.07, 6.45) is -6.99. The lowest BCUT2D eigenvalue weighted by atomic mass is 9.89. The van der Waals surface area contributed by atoms with Gasteiger partial charge < -0.3 is 20.3 Å². The lowest BCUT2D eigenvalue weighted by molar-refractivity contribution is -0.138. The molecule has 10 nitrogen and oxygen atoms in total. The van der Waals surface area contributed by atoms with Gasteiger partial charge in [-0.3, -0.25) is 9.69 Å². The second-order valence-electron chi connectivity index (χ2n) is 12.1. The maximum Gasteiger partial charge on any atom is 0.416 e. The molecule has 4 aromatic rings. The Balaban J connectivity index is 1.44. The van der Waals surface area contributed by atoms with Crippen LogP contribution < -0.4 is 15.5 Å². The number of pyridine rings is 1. The molecular weight excluding hydrogens is 654 g/mol. The minimum Gasteiger partial charge on any atom is -0.393 e. The van der Waals surface area contributed by atoms with E-state index in [0.29, 0.717) is 19.3 Å². The largest absolute Gasteiger partial charge is 0.416 e. The summed E-state index contributed by atoms with van der Waals surface area (Å²) in [4.78, 5) is 19.4. The zero-order chi connectivity index (χ0) is 35.1. The van der Waals surface area contributed by atoms with E-state index in [4.69, 9.17) is 5.26 Å². The summed E-state index contributed by atoms with van der Waals surface area (Å²) >= 11 is 0. The number of anilines is 2. The minimum absolute atomic E-state index is 0.0475. The predicted molar refractivity (Wildman–Crippen MR) is 166 cm³/mol. The number of amides is 1. The lowest BCUT2D eigenvalue weighted by Crippen LogP contribution is -2.43. The Morgan fingerprint density at radius 2 is 1.80 bits per heavy atom. The predicted octanol–water partition coefficient (Wildman–Crippen LogP) is 6.07. The van der Waals surface area contributed by atoms with Crippen LogP contribution in [0.15, 0.2) is 48.8 Å². The number of unbranched alkanes of at least 4 members (excludes halogenated alkanes) is 1. The molecule has 1 aliphatic heterocycles. The zero-order valence-corrected chi connectivity index (χ0v) is 26.0. The van der Waals surface area contributed by atoms with Crippen molar-refractivity contribution in [2.75, 3.05) is 16.8 Å². The quantitative estimate of drug-likeness (QED) is 0.136. The number of rotatable bonds is 10. The number of hydrogen-bond donors (Lipinski definition) is 3. The SMILES string of the molecule is Cn1cnnc1-c1ccc(C(F)(F)F)cc1-c1cc(NCCCC#N)nc(N2Cc3c(cc(CNC4CC(O)C4)cc3C(F)(F)F)C2=O)c1. The van der Waals surface area contributed by atoms with Crippen LogP contribution in [0.5, 0.6) is 0 Å². The molecule has 1 amide bonds. The first-order chi connectivity index (χ1) is 23.2. The van der Waals surface area contributed by atoms with Crippen molar-refractivity contribution in [1.82, 2.24) is 25.1 Å². The second-order valence-corrected chi connectivity index (χ2v) is 12.1. The van der Waals surface area contributed by atoms with Crippen molar-refractivity contribution in [3.8, 4) is 28.6 Å². The van der Waals surface area contributed by atoms with Gasteiger partial charge in [-0.2, -0.15) is 31.6 Å². The molecule has 2 aliphatic rings. The van der Waals surface area contributed by atoms with Gasteiger partial charge >= 0.3 is 12.4 Å². The molecule has 256 valence electrons. The fourth-order valence-corrected chi connectivity index (χ4v) is 5.99. The number of fused-ring (bicyclic) bond motifs is 1. The number of carbonyl (C=O) groups is 1. The molecule has 0 saturated heterocycles. The van der Waals surface area contributed by atoms with E-state index in [1.54, 1.807) is 7.05 Å².